The van der Waals surface area contributed by atoms with Crippen LogP contribution in [-0.4, -0.2) is 34.1 Å². The first-order valence-corrected chi connectivity index (χ1v) is 8.53. The van der Waals surface area contributed by atoms with E-state index in [2.05, 4.69) is 22.9 Å². The predicted octanol–water partition coefficient (Wildman–Crippen LogP) is 3.39. The van der Waals surface area contributed by atoms with E-state index in [0.29, 0.717) is 0 Å². The van der Waals surface area contributed by atoms with Crippen LogP contribution in [0.25, 0.3) is 10.9 Å². The molecule has 116 valence electrons. The van der Waals surface area contributed by atoms with E-state index >= 15 is 0 Å². The average molecular weight is 296 g/mol. The van der Waals surface area contributed by atoms with Crippen molar-refractivity contribution in [3.05, 3.63) is 42.1 Å². The van der Waals surface area contributed by atoms with Crippen molar-refractivity contribution >= 4 is 10.9 Å². The number of para-hydroxylation sites is 1. The smallest absolute Gasteiger partial charge is 0.0952 e. The minimum Gasteiger partial charge on any atom is -0.387 e. The minimum absolute atomic E-state index is 0.271. The van der Waals surface area contributed by atoms with E-state index in [4.69, 9.17) is 0 Å². The average Bonchev–Trinajstić information content (AvgIpc) is 2.60. The van der Waals surface area contributed by atoms with Gasteiger partial charge in [-0.1, -0.05) is 31.5 Å². The number of piperidine rings is 3. The van der Waals surface area contributed by atoms with Crippen LogP contribution in [0.1, 0.15) is 37.9 Å². The van der Waals surface area contributed by atoms with Gasteiger partial charge in [0, 0.05) is 24.2 Å². The highest BCUT2D eigenvalue weighted by Crippen LogP contribution is 2.42. The summed E-state index contributed by atoms with van der Waals surface area (Å²) >= 11 is 0. The molecular weight excluding hydrogens is 272 g/mol. The Morgan fingerprint density at radius 1 is 1.32 bits per heavy atom. The van der Waals surface area contributed by atoms with Gasteiger partial charge < -0.3 is 5.11 Å². The molecule has 5 rings (SSSR count). The van der Waals surface area contributed by atoms with Gasteiger partial charge in [0.1, 0.15) is 0 Å². The van der Waals surface area contributed by atoms with E-state index in [1.165, 1.54) is 12.8 Å². The molecule has 0 amide bonds. The summed E-state index contributed by atoms with van der Waals surface area (Å²) < 4.78 is 0. The summed E-state index contributed by atoms with van der Waals surface area (Å²) in [6.07, 6.45) is 5.12. The standard InChI is InChI=1S/C19H24N2O/c1-2-13-12-21-10-8-14(13)11-18(21)19(22)16-7-9-20-17-6-4-3-5-15(16)17/h3-7,9,13-14,18-19,22H,2,8,10-12H2,1H3/t13-,14+,18+,19-/m1/s1. The summed E-state index contributed by atoms with van der Waals surface area (Å²) in [7, 11) is 0. The Bertz CT molecular complexity index is 666. The topological polar surface area (TPSA) is 36.4 Å². The summed E-state index contributed by atoms with van der Waals surface area (Å²) in [5, 5.41) is 12.1. The van der Waals surface area contributed by atoms with Crippen LogP contribution in [0.5, 0.6) is 0 Å². The van der Waals surface area contributed by atoms with E-state index in [9.17, 15) is 5.11 Å². The number of hydrogen-bond donors (Lipinski definition) is 1. The van der Waals surface area contributed by atoms with Gasteiger partial charge in [0.05, 0.1) is 11.6 Å². The molecule has 1 aromatic carbocycles. The van der Waals surface area contributed by atoms with Crippen LogP contribution >= 0.6 is 0 Å². The van der Waals surface area contributed by atoms with Crippen molar-refractivity contribution in [1.82, 2.24) is 9.88 Å². The maximum Gasteiger partial charge on any atom is 0.0952 e. The fourth-order valence-electron chi connectivity index (χ4n) is 4.55. The number of hydrogen-bond acceptors (Lipinski definition) is 3. The summed E-state index contributed by atoms with van der Waals surface area (Å²) in [6.45, 7) is 4.60. The number of benzene rings is 1. The quantitative estimate of drug-likeness (QED) is 0.943. The molecule has 3 saturated heterocycles. The lowest BCUT2D eigenvalue weighted by Gasteiger charge is -2.51. The lowest BCUT2D eigenvalue weighted by atomic mass is 9.72. The zero-order valence-electron chi connectivity index (χ0n) is 13.2. The molecule has 3 aliphatic heterocycles. The molecular formula is C19H24N2O. The van der Waals surface area contributed by atoms with Gasteiger partial charge in [-0.05, 0) is 48.9 Å². The number of pyridine rings is 1. The van der Waals surface area contributed by atoms with Gasteiger partial charge in [0.15, 0.2) is 0 Å². The molecule has 1 aromatic heterocycles. The number of aromatic nitrogens is 1. The van der Waals surface area contributed by atoms with Crippen LogP contribution in [0.3, 0.4) is 0 Å². The van der Waals surface area contributed by atoms with Gasteiger partial charge in [0.2, 0.25) is 0 Å². The zero-order chi connectivity index (χ0) is 15.1. The minimum atomic E-state index is -0.409. The van der Waals surface area contributed by atoms with Crippen LogP contribution in [-0.2, 0) is 0 Å². The first-order chi connectivity index (χ1) is 10.8. The second-order valence-corrected chi connectivity index (χ2v) is 6.88. The molecule has 2 aromatic rings. The van der Waals surface area contributed by atoms with Crippen molar-refractivity contribution in [2.75, 3.05) is 13.1 Å². The summed E-state index contributed by atoms with van der Waals surface area (Å²) in [6, 6.07) is 10.4. The fraction of sp³-hybridized carbons (Fsp3) is 0.526. The Morgan fingerprint density at radius 3 is 2.95 bits per heavy atom. The second kappa shape index (κ2) is 5.64. The van der Waals surface area contributed by atoms with E-state index < -0.39 is 6.10 Å². The van der Waals surface area contributed by atoms with Crippen molar-refractivity contribution in [3.63, 3.8) is 0 Å². The first-order valence-electron chi connectivity index (χ1n) is 8.53. The van der Waals surface area contributed by atoms with Gasteiger partial charge in [0.25, 0.3) is 0 Å². The van der Waals surface area contributed by atoms with Crippen molar-refractivity contribution in [2.45, 2.75) is 38.3 Å². The predicted molar refractivity (Wildman–Crippen MR) is 88.6 cm³/mol. The third-order valence-electron chi connectivity index (χ3n) is 5.83. The van der Waals surface area contributed by atoms with Gasteiger partial charge in [-0.15, -0.1) is 0 Å². The van der Waals surface area contributed by atoms with Crippen LogP contribution in [0.15, 0.2) is 36.5 Å². The van der Waals surface area contributed by atoms with E-state index in [1.807, 2.05) is 30.5 Å². The SMILES string of the molecule is CC[C@@H]1CN2CC[C@H]1C[C@H]2[C@H](O)c1ccnc2ccccc12. The van der Waals surface area contributed by atoms with Gasteiger partial charge in [-0.2, -0.15) is 0 Å². The summed E-state index contributed by atoms with van der Waals surface area (Å²) in [4.78, 5) is 6.94. The summed E-state index contributed by atoms with van der Waals surface area (Å²) in [5.41, 5.74) is 2.01. The molecule has 3 fully saturated rings. The Balaban J connectivity index is 1.66. The first kappa shape index (κ1) is 14.2. The molecule has 5 atom stereocenters. The molecule has 3 nitrogen and oxygen atoms in total. The molecule has 4 heterocycles. The number of fused-ring (bicyclic) bond motifs is 4. The molecule has 1 N–H and O–H groups in total. The maximum absolute atomic E-state index is 11.1. The van der Waals surface area contributed by atoms with Crippen molar-refractivity contribution in [1.29, 1.82) is 0 Å². The largest absolute Gasteiger partial charge is 0.387 e. The highest BCUT2D eigenvalue weighted by Gasteiger charge is 2.42. The third kappa shape index (κ3) is 2.24. The van der Waals surface area contributed by atoms with Crippen molar-refractivity contribution < 1.29 is 5.11 Å². The zero-order valence-corrected chi connectivity index (χ0v) is 13.2. The van der Waals surface area contributed by atoms with Crippen LogP contribution in [0, 0.1) is 11.8 Å². The molecule has 3 aliphatic rings. The molecule has 22 heavy (non-hydrogen) atoms. The second-order valence-electron chi connectivity index (χ2n) is 6.88. The number of nitrogens with zero attached hydrogens (tertiary/aromatic N) is 2. The maximum atomic E-state index is 11.1. The van der Waals surface area contributed by atoms with Gasteiger partial charge >= 0.3 is 0 Å². The Kier molecular flexibility index (Phi) is 3.63. The van der Waals surface area contributed by atoms with Crippen LogP contribution in [0.2, 0.25) is 0 Å². The Morgan fingerprint density at radius 2 is 2.18 bits per heavy atom. The Hall–Kier alpha value is -1.45. The molecule has 0 spiro atoms. The number of aliphatic hydroxyl groups excluding tert-OH is 1. The van der Waals surface area contributed by atoms with Crippen molar-refractivity contribution in [2.24, 2.45) is 11.8 Å². The van der Waals surface area contributed by atoms with Gasteiger partial charge in [-0.25, -0.2) is 0 Å². The van der Waals surface area contributed by atoms with Crippen molar-refractivity contribution in [3.8, 4) is 0 Å². The number of rotatable bonds is 3. The Labute approximate surface area is 132 Å². The normalized spacial score (nSPS) is 32.3. The molecule has 0 radical (unpaired) electrons. The highest BCUT2D eigenvalue weighted by molar-refractivity contribution is 5.82. The molecule has 0 aliphatic carbocycles. The third-order valence-corrected chi connectivity index (χ3v) is 5.83. The lowest BCUT2D eigenvalue weighted by Crippen LogP contribution is -2.55. The van der Waals surface area contributed by atoms with E-state index in [-0.39, 0.29) is 6.04 Å². The monoisotopic (exact) mass is 296 g/mol. The number of aliphatic hydroxyl groups is 1. The highest BCUT2D eigenvalue weighted by atomic mass is 16.3. The van der Waals surface area contributed by atoms with Crippen LogP contribution < -0.4 is 0 Å². The van der Waals surface area contributed by atoms with E-state index in [1.54, 1.807) is 0 Å². The lowest BCUT2D eigenvalue weighted by molar-refractivity contribution is -0.0562. The molecule has 1 unspecified atom stereocenters. The van der Waals surface area contributed by atoms with E-state index in [0.717, 1.165) is 47.8 Å². The van der Waals surface area contributed by atoms with Crippen LogP contribution in [0.4, 0.5) is 0 Å². The van der Waals surface area contributed by atoms with Gasteiger partial charge in [-0.3, -0.25) is 9.88 Å². The molecule has 2 bridgehead atoms. The molecule has 0 saturated carbocycles. The summed E-state index contributed by atoms with van der Waals surface area (Å²) in [5.74, 6) is 1.62. The molecule has 3 heteroatoms. The fourth-order valence-corrected chi connectivity index (χ4v) is 4.55.